The van der Waals surface area contributed by atoms with Crippen molar-refractivity contribution in [1.29, 1.82) is 0 Å². The van der Waals surface area contributed by atoms with Gasteiger partial charge in [0.2, 0.25) is 0 Å². The lowest BCUT2D eigenvalue weighted by Gasteiger charge is -2.03. The van der Waals surface area contributed by atoms with Crippen molar-refractivity contribution in [3.05, 3.63) is 17.5 Å². The second kappa shape index (κ2) is 4.17. The lowest BCUT2D eigenvalue weighted by atomic mass is 10.0. The first-order chi connectivity index (χ1) is 6.75. The van der Waals surface area contributed by atoms with Crippen LogP contribution in [-0.2, 0) is 6.42 Å². The summed E-state index contributed by atoms with van der Waals surface area (Å²) >= 11 is 2.01. The molecule has 1 fully saturated rings. The number of ketones is 1. The molecule has 76 valence electrons. The lowest BCUT2D eigenvalue weighted by molar-refractivity contribution is 0.101. The van der Waals surface area contributed by atoms with Crippen LogP contribution in [0.25, 0.3) is 0 Å². The van der Waals surface area contributed by atoms with E-state index in [1.54, 1.807) is 6.92 Å². The number of aromatic nitrogens is 2. The number of carbonyl (C=O) groups is 1. The first-order valence-corrected chi connectivity index (χ1v) is 6.04. The molecule has 1 N–H and O–H groups in total. The number of nitrogens with one attached hydrogen (secondary N) is 1. The van der Waals surface area contributed by atoms with Gasteiger partial charge in [0.05, 0.1) is 0 Å². The molecule has 1 unspecified atom stereocenters. The smallest absolute Gasteiger partial charge is 0.179 e. The Morgan fingerprint density at radius 1 is 1.79 bits per heavy atom. The molecule has 3 nitrogen and oxygen atoms in total. The van der Waals surface area contributed by atoms with Crippen LogP contribution in [0.1, 0.15) is 29.5 Å². The molecule has 0 aromatic carbocycles. The van der Waals surface area contributed by atoms with E-state index in [-0.39, 0.29) is 5.78 Å². The summed E-state index contributed by atoms with van der Waals surface area (Å²) in [7, 11) is 0. The second-order valence-corrected chi connectivity index (χ2v) is 4.92. The zero-order valence-corrected chi connectivity index (χ0v) is 9.06. The molecule has 1 aromatic rings. The predicted octanol–water partition coefficient (Wildman–Crippen LogP) is 1.91. The van der Waals surface area contributed by atoms with Crippen LogP contribution in [0.4, 0.5) is 0 Å². The summed E-state index contributed by atoms with van der Waals surface area (Å²) in [5.41, 5.74) is 1.66. The van der Waals surface area contributed by atoms with Crippen LogP contribution in [0.3, 0.4) is 0 Å². The van der Waals surface area contributed by atoms with E-state index in [9.17, 15) is 4.79 Å². The summed E-state index contributed by atoms with van der Waals surface area (Å²) in [6.07, 6.45) is 2.33. The van der Waals surface area contributed by atoms with Gasteiger partial charge in [0.1, 0.15) is 5.69 Å². The van der Waals surface area contributed by atoms with Gasteiger partial charge < -0.3 is 0 Å². The molecule has 2 rings (SSSR count). The van der Waals surface area contributed by atoms with E-state index >= 15 is 0 Å². The molecule has 1 aliphatic heterocycles. The lowest BCUT2D eigenvalue weighted by Crippen LogP contribution is -2.02. The Balaban J connectivity index is 1.98. The van der Waals surface area contributed by atoms with Crippen LogP contribution in [0.2, 0.25) is 0 Å². The highest BCUT2D eigenvalue weighted by Gasteiger charge is 2.17. The topological polar surface area (TPSA) is 45.8 Å². The van der Waals surface area contributed by atoms with Gasteiger partial charge in [0, 0.05) is 12.6 Å². The first-order valence-electron chi connectivity index (χ1n) is 4.88. The van der Waals surface area contributed by atoms with E-state index in [0.29, 0.717) is 5.69 Å². The summed E-state index contributed by atoms with van der Waals surface area (Å²) in [5.74, 6) is 3.32. The molecule has 1 aromatic heterocycles. The number of rotatable bonds is 3. The summed E-state index contributed by atoms with van der Waals surface area (Å²) in [5, 5.41) is 6.91. The number of Topliss-reactive ketones (excluding diaryl/α,β-unsaturated/α-hetero) is 1. The fraction of sp³-hybridized carbons (Fsp3) is 0.600. The largest absolute Gasteiger partial charge is 0.293 e. The molecule has 14 heavy (non-hydrogen) atoms. The Kier molecular flexibility index (Phi) is 2.91. The summed E-state index contributed by atoms with van der Waals surface area (Å²) in [6.45, 7) is 1.55. The zero-order chi connectivity index (χ0) is 9.97. The Morgan fingerprint density at radius 2 is 2.64 bits per heavy atom. The molecule has 0 amide bonds. The number of thioether (sulfide) groups is 1. The maximum atomic E-state index is 11.0. The van der Waals surface area contributed by atoms with Crippen molar-refractivity contribution in [3.63, 3.8) is 0 Å². The highest BCUT2D eigenvalue weighted by atomic mass is 32.2. The van der Waals surface area contributed by atoms with Gasteiger partial charge in [-0.2, -0.15) is 16.9 Å². The fourth-order valence-electron chi connectivity index (χ4n) is 1.70. The molecule has 2 heterocycles. The highest BCUT2D eigenvalue weighted by molar-refractivity contribution is 7.99. The van der Waals surface area contributed by atoms with Gasteiger partial charge in [-0.05, 0) is 36.3 Å². The van der Waals surface area contributed by atoms with Gasteiger partial charge in [-0.1, -0.05) is 0 Å². The van der Waals surface area contributed by atoms with Crippen LogP contribution in [0.5, 0.6) is 0 Å². The number of carbonyl (C=O) groups excluding carboxylic acids is 1. The zero-order valence-electron chi connectivity index (χ0n) is 8.25. The van der Waals surface area contributed by atoms with E-state index in [4.69, 9.17) is 0 Å². The van der Waals surface area contributed by atoms with E-state index in [0.717, 1.165) is 18.0 Å². The van der Waals surface area contributed by atoms with Crippen LogP contribution in [0, 0.1) is 5.92 Å². The van der Waals surface area contributed by atoms with Crippen molar-refractivity contribution in [1.82, 2.24) is 10.2 Å². The van der Waals surface area contributed by atoms with Crippen molar-refractivity contribution >= 4 is 17.5 Å². The van der Waals surface area contributed by atoms with E-state index in [1.807, 2.05) is 17.8 Å². The molecule has 0 saturated carbocycles. The third-order valence-corrected chi connectivity index (χ3v) is 3.76. The van der Waals surface area contributed by atoms with Gasteiger partial charge in [-0.25, -0.2) is 0 Å². The van der Waals surface area contributed by atoms with E-state index in [2.05, 4.69) is 10.2 Å². The predicted molar refractivity (Wildman–Crippen MR) is 57.7 cm³/mol. The molecule has 0 spiro atoms. The number of nitrogens with zero attached hydrogens (tertiary/aromatic N) is 1. The standard InChI is InChI=1S/C10H14N2OS/c1-7(13)10-5-9(11-12-10)4-8-2-3-14-6-8/h5,8H,2-4,6H2,1H3,(H,11,12). The van der Waals surface area contributed by atoms with Crippen molar-refractivity contribution in [3.8, 4) is 0 Å². The maximum absolute atomic E-state index is 11.0. The van der Waals surface area contributed by atoms with Crippen molar-refractivity contribution in [2.75, 3.05) is 11.5 Å². The summed E-state index contributed by atoms with van der Waals surface area (Å²) in [6, 6.07) is 1.88. The minimum absolute atomic E-state index is 0.0355. The number of hydrogen-bond acceptors (Lipinski definition) is 3. The Morgan fingerprint density at radius 3 is 3.21 bits per heavy atom. The van der Waals surface area contributed by atoms with E-state index in [1.165, 1.54) is 17.9 Å². The first kappa shape index (κ1) is 9.77. The van der Waals surface area contributed by atoms with Crippen LogP contribution < -0.4 is 0 Å². The van der Waals surface area contributed by atoms with Crippen molar-refractivity contribution in [2.24, 2.45) is 5.92 Å². The monoisotopic (exact) mass is 210 g/mol. The molecule has 1 saturated heterocycles. The third kappa shape index (κ3) is 2.18. The summed E-state index contributed by atoms with van der Waals surface area (Å²) in [4.78, 5) is 11.0. The molecule has 4 heteroatoms. The number of aromatic amines is 1. The molecule has 1 atom stereocenters. The fourth-order valence-corrected chi connectivity index (χ4v) is 2.99. The van der Waals surface area contributed by atoms with Crippen molar-refractivity contribution in [2.45, 2.75) is 19.8 Å². The number of H-pyrrole nitrogens is 1. The minimum Gasteiger partial charge on any atom is -0.293 e. The Bertz CT molecular complexity index is 329. The molecule has 0 bridgehead atoms. The molecule has 1 aliphatic rings. The number of hydrogen-bond donors (Lipinski definition) is 1. The third-order valence-electron chi connectivity index (χ3n) is 2.52. The average Bonchev–Trinajstić information content (AvgIpc) is 2.75. The maximum Gasteiger partial charge on any atom is 0.179 e. The normalized spacial score (nSPS) is 21.4. The van der Waals surface area contributed by atoms with Gasteiger partial charge >= 0.3 is 0 Å². The van der Waals surface area contributed by atoms with Gasteiger partial charge in [-0.3, -0.25) is 9.89 Å². The van der Waals surface area contributed by atoms with Gasteiger partial charge in [0.15, 0.2) is 5.78 Å². The Hall–Kier alpha value is -0.770. The molecular formula is C10H14N2OS. The highest BCUT2D eigenvalue weighted by Crippen LogP contribution is 2.26. The molecule has 0 radical (unpaired) electrons. The minimum atomic E-state index is 0.0355. The van der Waals surface area contributed by atoms with Crippen LogP contribution in [-0.4, -0.2) is 27.5 Å². The van der Waals surface area contributed by atoms with Crippen molar-refractivity contribution < 1.29 is 4.79 Å². The van der Waals surface area contributed by atoms with Gasteiger partial charge in [-0.15, -0.1) is 0 Å². The van der Waals surface area contributed by atoms with Gasteiger partial charge in [0.25, 0.3) is 0 Å². The quantitative estimate of drug-likeness (QED) is 0.775. The van der Waals surface area contributed by atoms with E-state index < -0.39 is 0 Å². The SMILES string of the molecule is CC(=O)c1cc(CC2CCSC2)[nH]n1. The molecule has 0 aliphatic carbocycles. The average molecular weight is 210 g/mol. The Labute approximate surface area is 87.7 Å². The van der Waals surface area contributed by atoms with Crippen LogP contribution >= 0.6 is 11.8 Å². The van der Waals surface area contributed by atoms with Crippen LogP contribution in [0.15, 0.2) is 6.07 Å². The molecular weight excluding hydrogens is 196 g/mol. The summed E-state index contributed by atoms with van der Waals surface area (Å²) < 4.78 is 0. The second-order valence-electron chi connectivity index (χ2n) is 3.77.